The predicted octanol–water partition coefficient (Wildman–Crippen LogP) is 2.99. The van der Waals surface area contributed by atoms with Crippen molar-refractivity contribution >= 4 is 15.9 Å². The van der Waals surface area contributed by atoms with E-state index in [0.717, 1.165) is 5.69 Å². The lowest BCUT2D eigenvalue weighted by Crippen LogP contribution is -2.04. The van der Waals surface area contributed by atoms with Crippen molar-refractivity contribution in [2.24, 2.45) is 7.05 Å². The summed E-state index contributed by atoms with van der Waals surface area (Å²) in [5.74, 6) is -0.355. The largest absolute Gasteiger partial charge is 0.388 e. The molecular weight excluding hydrogens is 299 g/mol. The summed E-state index contributed by atoms with van der Waals surface area (Å²) in [7, 11) is 1.86. The van der Waals surface area contributed by atoms with Gasteiger partial charge in [0.05, 0.1) is 10.6 Å². The summed E-state index contributed by atoms with van der Waals surface area (Å²) >= 11 is 3.09. The van der Waals surface area contributed by atoms with Gasteiger partial charge in [-0.2, -0.15) is 5.10 Å². The van der Waals surface area contributed by atoms with E-state index in [0.29, 0.717) is 22.9 Å². The van der Waals surface area contributed by atoms with Crippen molar-refractivity contribution < 1.29 is 9.50 Å². The smallest absolute Gasteiger partial charge is 0.137 e. The minimum atomic E-state index is -0.664. The highest BCUT2D eigenvalue weighted by molar-refractivity contribution is 9.10. The fourth-order valence-corrected chi connectivity index (χ4v) is 2.06. The van der Waals surface area contributed by atoms with Crippen LogP contribution in [0.4, 0.5) is 4.39 Å². The van der Waals surface area contributed by atoms with Gasteiger partial charge in [0.15, 0.2) is 0 Å². The highest BCUT2D eigenvalue weighted by Crippen LogP contribution is 2.23. The average molecular weight is 313 g/mol. The van der Waals surface area contributed by atoms with Crippen molar-refractivity contribution in [1.29, 1.82) is 0 Å². The van der Waals surface area contributed by atoms with Gasteiger partial charge in [-0.3, -0.25) is 4.68 Å². The molecule has 18 heavy (non-hydrogen) atoms. The van der Waals surface area contributed by atoms with Gasteiger partial charge in [-0.15, -0.1) is 0 Å². The molecule has 96 valence electrons. The average Bonchev–Trinajstić information content (AvgIpc) is 2.75. The molecule has 1 heterocycles. The first-order valence-corrected chi connectivity index (χ1v) is 6.47. The highest BCUT2D eigenvalue weighted by Gasteiger charge is 2.11. The summed E-state index contributed by atoms with van der Waals surface area (Å²) in [6, 6.07) is 6.60. The van der Waals surface area contributed by atoms with E-state index in [-0.39, 0.29) is 5.82 Å². The molecule has 2 rings (SSSR count). The molecule has 0 amide bonds. The zero-order valence-electron chi connectivity index (χ0n) is 9.98. The monoisotopic (exact) mass is 312 g/mol. The molecule has 0 aliphatic heterocycles. The maximum absolute atomic E-state index is 13.3. The van der Waals surface area contributed by atoms with E-state index in [4.69, 9.17) is 0 Å². The number of hydrogen-bond donors (Lipinski definition) is 1. The van der Waals surface area contributed by atoms with E-state index in [1.807, 2.05) is 13.1 Å². The quantitative estimate of drug-likeness (QED) is 0.942. The van der Waals surface area contributed by atoms with Crippen molar-refractivity contribution in [3.8, 4) is 0 Å². The number of hydrogen-bond acceptors (Lipinski definition) is 2. The lowest BCUT2D eigenvalue weighted by atomic mass is 10.0. The molecular formula is C13H14BrFN2O. The molecule has 3 nitrogen and oxygen atoms in total. The number of aliphatic hydroxyl groups excluding tert-OH is 1. The van der Waals surface area contributed by atoms with Gasteiger partial charge in [0.2, 0.25) is 0 Å². The molecule has 1 aromatic heterocycles. The molecule has 0 saturated carbocycles. The molecule has 1 atom stereocenters. The molecule has 0 saturated heterocycles. The van der Waals surface area contributed by atoms with Crippen LogP contribution in [0.1, 0.15) is 23.8 Å². The van der Waals surface area contributed by atoms with Crippen LogP contribution in [-0.2, 0) is 13.5 Å². The van der Waals surface area contributed by atoms with Crippen LogP contribution in [0.2, 0.25) is 0 Å². The SMILES string of the molecule is Cn1nccc1CCC(O)c1ccc(Br)c(F)c1. The van der Waals surface area contributed by atoms with Gasteiger partial charge < -0.3 is 5.11 Å². The van der Waals surface area contributed by atoms with Crippen molar-refractivity contribution in [3.05, 3.63) is 52.0 Å². The Hall–Kier alpha value is -1.20. The van der Waals surface area contributed by atoms with Crippen LogP contribution < -0.4 is 0 Å². The Labute approximate surface area is 113 Å². The van der Waals surface area contributed by atoms with E-state index in [1.165, 1.54) is 6.07 Å². The van der Waals surface area contributed by atoms with Gasteiger partial charge in [0, 0.05) is 18.9 Å². The number of rotatable bonds is 4. The third-order valence-electron chi connectivity index (χ3n) is 2.92. The number of aromatic nitrogens is 2. The van der Waals surface area contributed by atoms with Gasteiger partial charge >= 0.3 is 0 Å². The van der Waals surface area contributed by atoms with Crippen LogP contribution in [0.5, 0.6) is 0 Å². The van der Waals surface area contributed by atoms with Crippen LogP contribution in [-0.4, -0.2) is 14.9 Å². The molecule has 0 bridgehead atoms. The summed E-state index contributed by atoms with van der Waals surface area (Å²) in [5.41, 5.74) is 1.64. The Morgan fingerprint density at radius 3 is 2.83 bits per heavy atom. The van der Waals surface area contributed by atoms with Gasteiger partial charge in [0.1, 0.15) is 5.82 Å². The number of halogens is 2. The molecule has 0 aliphatic rings. The van der Waals surface area contributed by atoms with E-state index >= 15 is 0 Å². The maximum atomic E-state index is 13.3. The number of nitrogens with zero attached hydrogens (tertiary/aromatic N) is 2. The minimum Gasteiger partial charge on any atom is -0.388 e. The van der Waals surface area contributed by atoms with Gasteiger partial charge in [-0.25, -0.2) is 4.39 Å². The van der Waals surface area contributed by atoms with Crippen molar-refractivity contribution in [3.63, 3.8) is 0 Å². The fourth-order valence-electron chi connectivity index (χ4n) is 1.82. The zero-order valence-corrected chi connectivity index (χ0v) is 11.6. The molecule has 0 fully saturated rings. The van der Waals surface area contributed by atoms with E-state index < -0.39 is 6.10 Å². The lowest BCUT2D eigenvalue weighted by molar-refractivity contribution is 0.166. The standard InChI is InChI=1S/C13H14BrFN2O/c1-17-10(6-7-16-17)3-5-13(18)9-2-4-11(14)12(15)8-9/h2,4,6-8,13,18H,3,5H2,1H3. The summed E-state index contributed by atoms with van der Waals surface area (Å²) in [6.45, 7) is 0. The number of aryl methyl sites for hydroxylation is 2. The Balaban J connectivity index is 2.01. The summed E-state index contributed by atoms with van der Waals surface area (Å²) in [5, 5.41) is 14.1. The van der Waals surface area contributed by atoms with E-state index in [9.17, 15) is 9.50 Å². The fraction of sp³-hybridized carbons (Fsp3) is 0.308. The molecule has 5 heteroatoms. The third kappa shape index (κ3) is 2.97. The number of aliphatic hydroxyl groups is 1. The lowest BCUT2D eigenvalue weighted by Gasteiger charge is -2.11. The molecule has 2 aromatic rings. The van der Waals surface area contributed by atoms with Crippen LogP contribution in [0, 0.1) is 5.82 Å². The highest BCUT2D eigenvalue weighted by atomic mass is 79.9. The van der Waals surface area contributed by atoms with Crippen LogP contribution in [0.25, 0.3) is 0 Å². The summed E-state index contributed by atoms with van der Waals surface area (Å²) < 4.78 is 15.5. The number of benzene rings is 1. The third-order valence-corrected chi connectivity index (χ3v) is 3.57. The first-order valence-electron chi connectivity index (χ1n) is 5.68. The molecule has 0 aliphatic carbocycles. The van der Waals surface area contributed by atoms with E-state index in [2.05, 4.69) is 21.0 Å². The Morgan fingerprint density at radius 2 is 2.22 bits per heavy atom. The second kappa shape index (κ2) is 5.63. The Kier molecular flexibility index (Phi) is 4.14. The van der Waals surface area contributed by atoms with Crippen molar-refractivity contribution in [2.75, 3.05) is 0 Å². The maximum Gasteiger partial charge on any atom is 0.137 e. The van der Waals surface area contributed by atoms with Crippen molar-refractivity contribution in [1.82, 2.24) is 9.78 Å². The molecule has 0 spiro atoms. The summed E-state index contributed by atoms with van der Waals surface area (Å²) in [6.07, 6.45) is 2.30. The molecule has 1 N–H and O–H groups in total. The Bertz CT molecular complexity index is 542. The van der Waals surface area contributed by atoms with Crippen molar-refractivity contribution in [2.45, 2.75) is 18.9 Å². The summed E-state index contributed by atoms with van der Waals surface area (Å²) in [4.78, 5) is 0. The second-order valence-electron chi connectivity index (χ2n) is 4.17. The van der Waals surface area contributed by atoms with E-state index in [1.54, 1.807) is 23.0 Å². The first-order chi connectivity index (χ1) is 8.58. The normalized spacial score (nSPS) is 12.7. The Morgan fingerprint density at radius 1 is 1.44 bits per heavy atom. The minimum absolute atomic E-state index is 0.355. The van der Waals surface area contributed by atoms with Crippen LogP contribution in [0.15, 0.2) is 34.9 Å². The zero-order chi connectivity index (χ0) is 13.1. The predicted molar refractivity (Wildman–Crippen MR) is 70.6 cm³/mol. The van der Waals surface area contributed by atoms with Gasteiger partial charge in [-0.05, 0) is 52.5 Å². The molecule has 0 radical (unpaired) electrons. The second-order valence-corrected chi connectivity index (χ2v) is 5.03. The van der Waals surface area contributed by atoms with Gasteiger partial charge in [0.25, 0.3) is 0 Å². The van der Waals surface area contributed by atoms with Gasteiger partial charge in [-0.1, -0.05) is 6.07 Å². The van der Waals surface area contributed by atoms with Crippen LogP contribution >= 0.6 is 15.9 Å². The molecule has 1 aromatic carbocycles. The van der Waals surface area contributed by atoms with Crippen LogP contribution in [0.3, 0.4) is 0 Å². The molecule has 1 unspecified atom stereocenters. The topological polar surface area (TPSA) is 38.0 Å². The first kappa shape index (κ1) is 13.2.